The van der Waals surface area contributed by atoms with Crippen molar-refractivity contribution in [3.8, 4) is 0 Å². The van der Waals surface area contributed by atoms with Gasteiger partial charge in [0, 0.05) is 40.2 Å². The number of fused-ring (bicyclic) bond motifs is 3. The lowest BCUT2D eigenvalue weighted by molar-refractivity contribution is 0.102. The van der Waals surface area contributed by atoms with E-state index < -0.39 is 9.84 Å². The minimum Gasteiger partial charge on any atom is -0.341 e. The van der Waals surface area contributed by atoms with Crippen molar-refractivity contribution in [2.45, 2.75) is 37.2 Å². The van der Waals surface area contributed by atoms with Gasteiger partial charge in [-0.3, -0.25) is 4.79 Å². The minimum absolute atomic E-state index is 0.0916. The summed E-state index contributed by atoms with van der Waals surface area (Å²) in [6.45, 7) is 6.75. The zero-order valence-electron chi connectivity index (χ0n) is 19.7. The number of sulfone groups is 1. The summed E-state index contributed by atoms with van der Waals surface area (Å²) in [4.78, 5) is 17.2. The molecule has 176 valence electrons. The minimum atomic E-state index is -3.77. The van der Waals surface area contributed by atoms with Gasteiger partial charge in [-0.05, 0) is 80.4 Å². The number of nitrogens with zero attached hydrogens (tertiary/aromatic N) is 2. The normalized spacial score (nSPS) is 11.7. The number of carbonyl (C=O) groups excluding carboxylic acids is 1. The zero-order valence-corrected chi connectivity index (χ0v) is 20.6. The molecule has 0 aliphatic rings. The van der Waals surface area contributed by atoms with Crippen molar-refractivity contribution in [3.05, 3.63) is 95.7 Å². The fourth-order valence-corrected chi connectivity index (χ4v) is 5.61. The second-order valence-electron chi connectivity index (χ2n) is 8.58. The highest BCUT2D eigenvalue weighted by Crippen LogP contribution is 2.31. The fraction of sp³-hybridized carbons (Fsp3) is 0.143. The van der Waals surface area contributed by atoms with E-state index in [9.17, 15) is 13.2 Å². The molecule has 1 N–H and O–H groups in total. The van der Waals surface area contributed by atoms with Gasteiger partial charge in [0.25, 0.3) is 5.91 Å². The highest BCUT2D eigenvalue weighted by Gasteiger charge is 2.20. The van der Waals surface area contributed by atoms with Crippen LogP contribution in [0.3, 0.4) is 0 Å². The Kier molecular flexibility index (Phi) is 5.65. The van der Waals surface area contributed by atoms with Crippen molar-refractivity contribution >= 4 is 43.2 Å². The second-order valence-corrected chi connectivity index (χ2v) is 10.5. The van der Waals surface area contributed by atoms with Crippen LogP contribution in [0.5, 0.6) is 0 Å². The smallest absolute Gasteiger partial charge is 0.257 e. The van der Waals surface area contributed by atoms with Crippen molar-refractivity contribution in [1.29, 1.82) is 0 Å². The number of rotatable bonds is 5. The Labute approximate surface area is 204 Å². The highest BCUT2D eigenvalue weighted by molar-refractivity contribution is 7.91. The zero-order chi connectivity index (χ0) is 24.7. The number of nitrogens with one attached hydrogen (secondary N) is 1. The maximum atomic E-state index is 13.0. The lowest BCUT2D eigenvalue weighted by atomic mass is 10.1. The molecule has 0 bridgehead atoms. The number of para-hydroxylation sites is 1. The third-order valence-electron chi connectivity index (χ3n) is 6.41. The van der Waals surface area contributed by atoms with Crippen LogP contribution in [0.2, 0.25) is 0 Å². The molecular formula is C28H25N3O3S. The molecule has 0 spiro atoms. The van der Waals surface area contributed by atoms with Gasteiger partial charge in [-0.2, -0.15) is 0 Å². The highest BCUT2D eigenvalue weighted by atomic mass is 32.2. The van der Waals surface area contributed by atoms with E-state index in [0.717, 1.165) is 39.5 Å². The van der Waals surface area contributed by atoms with E-state index in [4.69, 9.17) is 0 Å². The standard InChI is InChI=1S/C28H25N3O3S/c1-4-31-25-8-6-5-7-23(25)24-16-21(11-13-26(24)31)30-28(32)20-10-14-27(29-17-20)35(33,34)22-12-9-18(2)19(3)15-22/h5-17H,4H2,1-3H3,(H,30,32). The maximum Gasteiger partial charge on any atom is 0.257 e. The molecule has 0 aliphatic heterocycles. The van der Waals surface area contributed by atoms with E-state index in [-0.39, 0.29) is 21.4 Å². The van der Waals surface area contributed by atoms with Gasteiger partial charge in [-0.1, -0.05) is 24.3 Å². The molecule has 0 aliphatic carbocycles. The number of aryl methyl sites for hydroxylation is 3. The lowest BCUT2D eigenvalue weighted by Gasteiger charge is -2.09. The molecule has 3 aromatic carbocycles. The average Bonchev–Trinajstić information content (AvgIpc) is 3.18. The van der Waals surface area contributed by atoms with Gasteiger partial charge in [0.2, 0.25) is 9.84 Å². The monoisotopic (exact) mass is 483 g/mol. The Morgan fingerprint density at radius 2 is 1.66 bits per heavy atom. The summed E-state index contributed by atoms with van der Waals surface area (Å²) < 4.78 is 28.2. The summed E-state index contributed by atoms with van der Waals surface area (Å²) in [6.07, 6.45) is 1.30. The number of anilines is 1. The first kappa shape index (κ1) is 22.8. The van der Waals surface area contributed by atoms with Crippen LogP contribution in [0.4, 0.5) is 5.69 Å². The first-order chi connectivity index (χ1) is 16.8. The van der Waals surface area contributed by atoms with E-state index in [1.165, 1.54) is 18.3 Å². The number of pyridine rings is 1. The van der Waals surface area contributed by atoms with Gasteiger partial charge >= 0.3 is 0 Å². The van der Waals surface area contributed by atoms with Crippen LogP contribution in [-0.2, 0) is 16.4 Å². The number of carbonyl (C=O) groups is 1. The van der Waals surface area contributed by atoms with Crippen molar-refractivity contribution in [2.75, 3.05) is 5.32 Å². The van der Waals surface area contributed by atoms with Gasteiger partial charge in [-0.25, -0.2) is 13.4 Å². The summed E-state index contributed by atoms with van der Waals surface area (Å²) in [5, 5.41) is 5.01. The van der Waals surface area contributed by atoms with Gasteiger partial charge < -0.3 is 9.88 Å². The molecule has 0 radical (unpaired) electrons. The van der Waals surface area contributed by atoms with Crippen molar-refractivity contribution in [3.63, 3.8) is 0 Å². The molecule has 0 saturated heterocycles. The topological polar surface area (TPSA) is 81.1 Å². The van der Waals surface area contributed by atoms with Crippen LogP contribution in [0, 0.1) is 13.8 Å². The number of amides is 1. The Morgan fingerprint density at radius 3 is 2.37 bits per heavy atom. The third kappa shape index (κ3) is 3.98. The maximum absolute atomic E-state index is 13.0. The van der Waals surface area contributed by atoms with E-state index in [0.29, 0.717) is 5.69 Å². The first-order valence-electron chi connectivity index (χ1n) is 11.4. The molecule has 7 heteroatoms. The molecule has 2 aromatic heterocycles. The van der Waals surface area contributed by atoms with Crippen LogP contribution in [-0.4, -0.2) is 23.9 Å². The predicted molar refractivity (Wildman–Crippen MR) is 139 cm³/mol. The second kappa shape index (κ2) is 8.67. The molecule has 0 unspecified atom stereocenters. The number of hydrogen-bond acceptors (Lipinski definition) is 4. The first-order valence-corrected chi connectivity index (χ1v) is 12.9. The lowest BCUT2D eigenvalue weighted by Crippen LogP contribution is -2.13. The van der Waals surface area contributed by atoms with E-state index in [1.54, 1.807) is 18.2 Å². The van der Waals surface area contributed by atoms with Gasteiger partial charge in [0.15, 0.2) is 5.03 Å². The Balaban J connectivity index is 1.41. The SMILES string of the molecule is CCn1c2ccccc2c2cc(NC(=O)c3ccc(S(=O)(=O)c4ccc(C)c(C)c4)nc3)ccc21. The van der Waals surface area contributed by atoms with Crippen LogP contribution in [0.25, 0.3) is 21.8 Å². The molecule has 1 amide bonds. The molecule has 0 fully saturated rings. The predicted octanol–water partition coefficient (Wildman–Crippen LogP) is 5.91. The summed E-state index contributed by atoms with van der Waals surface area (Å²) in [7, 11) is -3.77. The molecule has 2 heterocycles. The third-order valence-corrected chi connectivity index (χ3v) is 8.08. The average molecular weight is 484 g/mol. The number of benzene rings is 3. The summed E-state index contributed by atoms with van der Waals surface area (Å²) in [5.41, 5.74) is 5.10. The molecule has 35 heavy (non-hydrogen) atoms. The number of aromatic nitrogens is 2. The quantitative estimate of drug-likeness (QED) is 0.337. The van der Waals surface area contributed by atoms with Gasteiger partial charge in [-0.15, -0.1) is 0 Å². The van der Waals surface area contributed by atoms with E-state index >= 15 is 0 Å². The summed E-state index contributed by atoms with van der Waals surface area (Å²) in [5.74, 6) is -0.355. The van der Waals surface area contributed by atoms with Crippen molar-refractivity contribution in [1.82, 2.24) is 9.55 Å². The molecular weight excluding hydrogens is 458 g/mol. The van der Waals surface area contributed by atoms with Crippen LogP contribution in [0.1, 0.15) is 28.4 Å². The Bertz CT molecular complexity index is 1700. The summed E-state index contributed by atoms with van der Waals surface area (Å²) in [6, 6.07) is 21.9. The molecule has 6 nitrogen and oxygen atoms in total. The fourth-order valence-electron chi connectivity index (χ4n) is 4.35. The molecule has 5 aromatic rings. The van der Waals surface area contributed by atoms with Gasteiger partial charge in [0.1, 0.15) is 0 Å². The molecule has 0 atom stereocenters. The number of hydrogen-bond donors (Lipinski definition) is 1. The van der Waals surface area contributed by atoms with Crippen LogP contribution in [0.15, 0.2) is 88.9 Å². The Hall–Kier alpha value is -3.97. The van der Waals surface area contributed by atoms with Crippen LogP contribution >= 0.6 is 0 Å². The molecule has 0 saturated carbocycles. The van der Waals surface area contributed by atoms with E-state index in [1.807, 2.05) is 44.2 Å². The van der Waals surface area contributed by atoms with E-state index in [2.05, 4.69) is 33.9 Å². The summed E-state index contributed by atoms with van der Waals surface area (Å²) >= 11 is 0. The largest absolute Gasteiger partial charge is 0.341 e. The van der Waals surface area contributed by atoms with Gasteiger partial charge in [0.05, 0.1) is 10.5 Å². The van der Waals surface area contributed by atoms with Crippen molar-refractivity contribution < 1.29 is 13.2 Å². The Morgan fingerprint density at radius 1 is 0.886 bits per heavy atom. The van der Waals surface area contributed by atoms with Crippen LogP contribution < -0.4 is 5.32 Å². The molecule has 5 rings (SSSR count). The van der Waals surface area contributed by atoms with Crippen molar-refractivity contribution in [2.24, 2.45) is 0 Å².